The molecule has 3 rings (SSSR count). The molecule has 0 spiro atoms. The van der Waals surface area contributed by atoms with Gasteiger partial charge in [0.15, 0.2) is 0 Å². The van der Waals surface area contributed by atoms with E-state index in [-0.39, 0.29) is 35.0 Å². The molecule has 1 aliphatic rings. The van der Waals surface area contributed by atoms with Gasteiger partial charge in [-0.05, 0) is 17.7 Å². The second-order valence-corrected chi connectivity index (χ2v) is 5.08. The van der Waals surface area contributed by atoms with Gasteiger partial charge in [0, 0.05) is 18.6 Å². The minimum Gasteiger partial charge on any atom is -0.508 e. The monoisotopic (exact) mass is 302 g/mol. The van der Waals surface area contributed by atoms with Gasteiger partial charge in [0.1, 0.15) is 28.6 Å². The Morgan fingerprint density at radius 3 is 2.45 bits per heavy atom. The molecule has 1 aliphatic heterocycles. The number of hydrogen-bond acceptors (Lipinski definition) is 6. The summed E-state index contributed by atoms with van der Waals surface area (Å²) < 4.78 is 10.4. The van der Waals surface area contributed by atoms with Crippen molar-refractivity contribution in [3.8, 4) is 23.0 Å². The first-order chi connectivity index (χ1) is 10.4. The van der Waals surface area contributed by atoms with E-state index in [1.807, 2.05) is 0 Å². The zero-order chi connectivity index (χ0) is 15.9. The zero-order valence-corrected chi connectivity index (χ0v) is 11.7. The van der Waals surface area contributed by atoms with E-state index in [1.54, 1.807) is 12.1 Å². The molecule has 2 aromatic rings. The van der Waals surface area contributed by atoms with E-state index >= 15 is 0 Å². The van der Waals surface area contributed by atoms with Crippen LogP contribution in [-0.4, -0.2) is 34.0 Å². The molecule has 0 amide bonds. The fourth-order valence-electron chi connectivity index (χ4n) is 2.47. The molecule has 0 fully saturated rings. The summed E-state index contributed by atoms with van der Waals surface area (Å²) in [6, 6.07) is 8.62. The third-order valence-electron chi connectivity index (χ3n) is 3.51. The van der Waals surface area contributed by atoms with Crippen molar-refractivity contribution in [3.05, 3.63) is 47.5 Å². The van der Waals surface area contributed by atoms with Gasteiger partial charge in [-0.15, -0.1) is 0 Å². The molecule has 0 saturated heterocycles. The Morgan fingerprint density at radius 2 is 1.82 bits per heavy atom. The smallest absolute Gasteiger partial charge is 0.277 e. The Hall–Kier alpha value is -2.73. The van der Waals surface area contributed by atoms with Crippen LogP contribution >= 0.6 is 0 Å². The summed E-state index contributed by atoms with van der Waals surface area (Å²) in [5, 5.41) is 29.4. The van der Waals surface area contributed by atoms with E-state index in [4.69, 9.17) is 9.47 Å². The average molecular weight is 302 g/mol. The first kappa shape index (κ1) is 14.2. The van der Waals surface area contributed by atoms with Gasteiger partial charge in [0.05, 0.1) is 7.11 Å². The maximum absolute atomic E-state index is 12.5. The highest BCUT2D eigenvalue weighted by atomic mass is 16.6. The van der Waals surface area contributed by atoms with Crippen molar-refractivity contribution >= 4 is 5.78 Å². The summed E-state index contributed by atoms with van der Waals surface area (Å²) in [6.45, 7) is 0. The summed E-state index contributed by atoms with van der Waals surface area (Å²) in [5.41, 5.74) is 0.714. The number of ether oxygens (including phenoxy) is 2. The first-order valence-corrected chi connectivity index (χ1v) is 6.58. The van der Waals surface area contributed by atoms with E-state index in [0.29, 0.717) is 5.56 Å². The first-order valence-electron chi connectivity index (χ1n) is 6.58. The van der Waals surface area contributed by atoms with Crippen LogP contribution in [-0.2, 0) is 6.42 Å². The number of methoxy groups -OCH3 is 1. The third-order valence-corrected chi connectivity index (χ3v) is 3.51. The Balaban J connectivity index is 1.97. The molecular weight excluding hydrogens is 288 g/mol. The minimum absolute atomic E-state index is 0.0723. The van der Waals surface area contributed by atoms with Crippen molar-refractivity contribution in [2.24, 2.45) is 0 Å². The van der Waals surface area contributed by atoms with Gasteiger partial charge >= 0.3 is 0 Å². The number of phenols is 2. The Kier molecular flexibility index (Phi) is 3.18. The second-order valence-electron chi connectivity index (χ2n) is 5.08. The quantitative estimate of drug-likeness (QED) is 0.797. The number of aromatic hydroxyl groups is 2. The van der Waals surface area contributed by atoms with Crippen LogP contribution in [0.15, 0.2) is 36.4 Å². The normalized spacial score (nSPS) is 19.6. The van der Waals surface area contributed by atoms with Crippen LogP contribution in [0.2, 0.25) is 0 Å². The van der Waals surface area contributed by atoms with E-state index in [1.165, 1.54) is 31.4 Å². The number of rotatable bonds is 3. The number of phenolic OH excluding ortho intramolecular Hbond substituents is 2. The van der Waals surface area contributed by atoms with Crippen LogP contribution in [0, 0.1) is 0 Å². The summed E-state index contributed by atoms with van der Waals surface area (Å²) in [4.78, 5) is 12.5. The molecule has 0 aliphatic carbocycles. The fourth-order valence-corrected chi connectivity index (χ4v) is 2.47. The Morgan fingerprint density at radius 1 is 1.14 bits per heavy atom. The number of hydrogen-bond donors (Lipinski definition) is 3. The Bertz CT molecular complexity index is 737. The van der Waals surface area contributed by atoms with Gasteiger partial charge in [-0.1, -0.05) is 12.1 Å². The van der Waals surface area contributed by atoms with E-state index in [2.05, 4.69) is 0 Å². The van der Waals surface area contributed by atoms with Gasteiger partial charge in [0.2, 0.25) is 5.78 Å². The number of aliphatic hydroxyl groups is 1. The highest BCUT2D eigenvalue weighted by molar-refractivity contribution is 6.08. The van der Waals surface area contributed by atoms with Gasteiger partial charge in [-0.2, -0.15) is 0 Å². The molecule has 6 nitrogen and oxygen atoms in total. The van der Waals surface area contributed by atoms with Crippen molar-refractivity contribution in [3.63, 3.8) is 0 Å². The maximum Gasteiger partial charge on any atom is 0.277 e. The molecular formula is C16H14O6. The highest BCUT2D eigenvalue weighted by Gasteiger charge is 2.48. The van der Waals surface area contributed by atoms with Crippen LogP contribution in [0.25, 0.3) is 0 Å². The van der Waals surface area contributed by atoms with Crippen LogP contribution < -0.4 is 9.47 Å². The summed E-state index contributed by atoms with van der Waals surface area (Å²) in [6.07, 6.45) is -0.0926. The maximum atomic E-state index is 12.5. The average Bonchev–Trinajstić information content (AvgIpc) is 2.72. The lowest BCUT2D eigenvalue weighted by molar-refractivity contribution is -0.0889. The topological polar surface area (TPSA) is 96.2 Å². The predicted molar refractivity (Wildman–Crippen MR) is 76.4 cm³/mol. The molecule has 2 aromatic carbocycles. The highest BCUT2D eigenvalue weighted by Crippen LogP contribution is 2.43. The SMILES string of the molecule is COc1cc(O)cc2c1C(=O)[C@](O)(Cc1ccc(O)cc1)O2. The zero-order valence-electron chi connectivity index (χ0n) is 11.7. The van der Waals surface area contributed by atoms with E-state index in [0.717, 1.165) is 0 Å². The lowest BCUT2D eigenvalue weighted by Crippen LogP contribution is -2.42. The molecule has 1 heterocycles. The molecule has 114 valence electrons. The van der Waals surface area contributed by atoms with Crippen molar-refractivity contribution in [2.75, 3.05) is 7.11 Å². The van der Waals surface area contributed by atoms with Crippen molar-refractivity contribution < 1.29 is 29.6 Å². The summed E-state index contributed by atoms with van der Waals surface area (Å²) in [7, 11) is 1.36. The minimum atomic E-state index is -2.07. The van der Waals surface area contributed by atoms with Crippen molar-refractivity contribution in [2.45, 2.75) is 12.2 Å². The van der Waals surface area contributed by atoms with E-state index in [9.17, 15) is 20.1 Å². The second kappa shape index (κ2) is 4.92. The molecule has 0 aromatic heterocycles. The largest absolute Gasteiger partial charge is 0.508 e. The number of Topliss-reactive ketones (excluding diaryl/α,β-unsaturated/α-hetero) is 1. The number of ketones is 1. The summed E-state index contributed by atoms with van der Waals surface area (Å²) in [5.74, 6) is -2.53. The third kappa shape index (κ3) is 2.23. The Labute approximate surface area is 126 Å². The molecule has 0 bridgehead atoms. The summed E-state index contributed by atoms with van der Waals surface area (Å²) >= 11 is 0. The lowest BCUT2D eigenvalue weighted by atomic mass is 9.98. The van der Waals surface area contributed by atoms with E-state index < -0.39 is 11.6 Å². The number of benzene rings is 2. The van der Waals surface area contributed by atoms with Crippen LogP contribution in [0.3, 0.4) is 0 Å². The van der Waals surface area contributed by atoms with Crippen LogP contribution in [0.1, 0.15) is 15.9 Å². The number of fused-ring (bicyclic) bond motifs is 1. The van der Waals surface area contributed by atoms with Crippen LogP contribution in [0.5, 0.6) is 23.0 Å². The molecule has 6 heteroatoms. The number of carbonyl (C=O) groups is 1. The van der Waals surface area contributed by atoms with Crippen LogP contribution in [0.4, 0.5) is 0 Å². The molecule has 1 atom stereocenters. The molecule has 0 radical (unpaired) electrons. The number of carbonyl (C=O) groups excluding carboxylic acids is 1. The van der Waals surface area contributed by atoms with Gasteiger partial charge in [0.25, 0.3) is 5.79 Å². The predicted octanol–water partition coefficient (Wildman–Crippen LogP) is 1.61. The standard InChI is InChI=1S/C16H14O6/c1-21-12-6-11(18)7-13-14(12)15(19)16(20,22-13)8-9-2-4-10(17)5-3-9/h2-7,17-18,20H,8H2,1H3/t16-/m0/s1. The molecule has 0 saturated carbocycles. The fraction of sp³-hybridized carbons (Fsp3) is 0.188. The molecule has 0 unspecified atom stereocenters. The van der Waals surface area contributed by atoms with Gasteiger partial charge < -0.3 is 24.8 Å². The lowest BCUT2D eigenvalue weighted by Gasteiger charge is -2.20. The van der Waals surface area contributed by atoms with Crippen molar-refractivity contribution in [1.82, 2.24) is 0 Å². The van der Waals surface area contributed by atoms with Gasteiger partial charge in [-0.3, -0.25) is 4.79 Å². The van der Waals surface area contributed by atoms with Crippen molar-refractivity contribution in [1.29, 1.82) is 0 Å². The van der Waals surface area contributed by atoms with Gasteiger partial charge in [-0.25, -0.2) is 0 Å². The molecule has 22 heavy (non-hydrogen) atoms. The molecule has 3 N–H and O–H groups in total.